The Balaban J connectivity index is 1.17. The lowest BCUT2D eigenvalue weighted by atomic mass is 10.1. The second-order valence-electron chi connectivity index (χ2n) is 13.5. The standard InChI is InChI=1S/C49H48N2S/c1-6-36-10-22-42(23-11-36)50(43-24-12-37(7-2)13-25-43)46-30-18-40(19-31-46)48-34-35(5)49(52-48)41-20-32-47(33-21-41)51(44-26-14-38(8-3)15-27-44)45-28-16-39(9-4)17-29-45/h10-34H,6-9H2,1-5H3. The molecule has 0 aliphatic rings. The van der Waals surface area contributed by atoms with Crippen LogP contribution >= 0.6 is 11.3 Å². The molecule has 0 bridgehead atoms. The zero-order chi connectivity index (χ0) is 36.0. The van der Waals surface area contributed by atoms with Crippen LogP contribution in [-0.2, 0) is 25.7 Å². The topological polar surface area (TPSA) is 6.48 Å². The van der Waals surface area contributed by atoms with Gasteiger partial charge in [0, 0.05) is 43.9 Å². The van der Waals surface area contributed by atoms with E-state index >= 15 is 0 Å². The van der Waals surface area contributed by atoms with Crippen molar-refractivity contribution >= 4 is 45.5 Å². The highest BCUT2D eigenvalue weighted by Crippen LogP contribution is 2.42. The molecule has 1 heterocycles. The number of benzene rings is 6. The molecule has 6 aromatic carbocycles. The molecule has 3 heteroatoms. The summed E-state index contributed by atoms with van der Waals surface area (Å²) in [6.07, 6.45) is 4.13. The third kappa shape index (κ3) is 7.47. The van der Waals surface area contributed by atoms with Crippen molar-refractivity contribution < 1.29 is 0 Å². The molecule has 52 heavy (non-hydrogen) atoms. The number of hydrogen-bond donors (Lipinski definition) is 0. The van der Waals surface area contributed by atoms with E-state index in [0.29, 0.717) is 0 Å². The molecule has 0 spiro atoms. The van der Waals surface area contributed by atoms with Crippen molar-refractivity contribution in [2.75, 3.05) is 9.80 Å². The van der Waals surface area contributed by atoms with Gasteiger partial charge in [-0.3, -0.25) is 0 Å². The zero-order valence-electron chi connectivity index (χ0n) is 31.1. The normalized spacial score (nSPS) is 11.1. The van der Waals surface area contributed by atoms with E-state index in [1.165, 1.54) is 71.4 Å². The van der Waals surface area contributed by atoms with Crippen molar-refractivity contribution in [2.24, 2.45) is 0 Å². The highest BCUT2D eigenvalue weighted by molar-refractivity contribution is 7.19. The molecule has 0 aliphatic carbocycles. The van der Waals surface area contributed by atoms with Gasteiger partial charge in [0.2, 0.25) is 0 Å². The van der Waals surface area contributed by atoms with E-state index in [0.717, 1.165) is 37.1 Å². The first-order chi connectivity index (χ1) is 25.5. The van der Waals surface area contributed by atoms with Gasteiger partial charge in [-0.25, -0.2) is 0 Å². The minimum Gasteiger partial charge on any atom is -0.311 e. The summed E-state index contributed by atoms with van der Waals surface area (Å²) in [4.78, 5) is 7.30. The zero-order valence-corrected chi connectivity index (χ0v) is 31.9. The van der Waals surface area contributed by atoms with E-state index in [1.54, 1.807) is 0 Å². The average Bonchev–Trinajstić information content (AvgIpc) is 3.61. The Morgan fingerprint density at radius 2 is 0.635 bits per heavy atom. The minimum absolute atomic E-state index is 1.03. The smallest absolute Gasteiger partial charge is 0.0462 e. The molecular formula is C49H48N2S. The number of aryl methyl sites for hydroxylation is 5. The van der Waals surface area contributed by atoms with E-state index in [9.17, 15) is 0 Å². The van der Waals surface area contributed by atoms with E-state index in [1.807, 2.05) is 11.3 Å². The second kappa shape index (κ2) is 15.9. The van der Waals surface area contributed by atoms with E-state index in [2.05, 4.69) is 196 Å². The molecule has 1 aromatic heterocycles. The van der Waals surface area contributed by atoms with Gasteiger partial charge in [0.15, 0.2) is 0 Å². The van der Waals surface area contributed by atoms with Crippen LogP contribution in [0.4, 0.5) is 34.1 Å². The molecule has 2 nitrogen and oxygen atoms in total. The Morgan fingerprint density at radius 3 is 0.923 bits per heavy atom. The van der Waals surface area contributed by atoms with Crippen LogP contribution in [0, 0.1) is 6.92 Å². The summed E-state index contributed by atoms with van der Waals surface area (Å²) in [6.45, 7) is 11.1. The Morgan fingerprint density at radius 1 is 0.365 bits per heavy atom. The molecule has 0 saturated heterocycles. The van der Waals surface area contributed by atoms with Gasteiger partial charge in [-0.15, -0.1) is 11.3 Å². The monoisotopic (exact) mass is 696 g/mol. The van der Waals surface area contributed by atoms with Gasteiger partial charge >= 0.3 is 0 Å². The van der Waals surface area contributed by atoms with Crippen molar-refractivity contribution in [3.8, 4) is 20.9 Å². The minimum atomic E-state index is 1.03. The third-order valence-corrected chi connectivity index (χ3v) is 11.5. The lowest BCUT2D eigenvalue weighted by Crippen LogP contribution is -2.10. The average molecular weight is 697 g/mol. The van der Waals surface area contributed by atoms with Crippen LogP contribution in [0.1, 0.15) is 55.5 Å². The highest BCUT2D eigenvalue weighted by Gasteiger charge is 2.16. The van der Waals surface area contributed by atoms with Crippen molar-refractivity contribution in [3.63, 3.8) is 0 Å². The quantitative estimate of drug-likeness (QED) is 0.125. The lowest BCUT2D eigenvalue weighted by molar-refractivity contribution is 1.13. The van der Waals surface area contributed by atoms with Crippen LogP contribution < -0.4 is 9.80 Å². The molecule has 0 amide bonds. The van der Waals surface area contributed by atoms with Crippen molar-refractivity contribution in [1.29, 1.82) is 0 Å². The lowest BCUT2D eigenvalue weighted by Gasteiger charge is -2.26. The second-order valence-corrected chi connectivity index (χ2v) is 14.5. The molecule has 260 valence electrons. The SMILES string of the molecule is CCc1ccc(N(c2ccc(CC)cc2)c2ccc(-c3cc(C)c(-c4ccc(N(c5ccc(CC)cc5)c5ccc(CC)cc5)cc4)s3)cc2)cc1. The number of rotatable bonds is 12. The van der Waals surface area contributed by atoms with Crippen LogP contribution in [-0.4, -0.2) is 0 Å². The summed E-state index contributed by atoms with van der Waals surface area (Å²) < 4.78 is 0. The molecule has 0 fully saturated rings. The maximum atomic E-state index is 2.36. The van der Waals surface area contributed by atoms with Gasteiger partial charge < -0.3 is 9.80 Å². The van der Waals surface area contributed by atoms with Gasteiger partial charge in [0.1, 0.15) is 0 Å². The van der Waals surface area contributed by atoms with Crippen LogP contribution in [0.25, 0.3) is 20.9 Å². The van der Waals surface area contributed by atoms with Gasteiger partial charge in [-0.1, -0.05) is 100 Å². The van der Waals surface area contributed by atoms with Gasteiger partial charge in [-0.05, 0) is 150 Å². The summed E-state index contributed by atoms with van der Waals surface area (Å²) in [6, 6.07) is 56.3. The summed E-state index contributed by atoms with van der Waals surface area (Å²) in [5, 5.41) is 0. The van der Waals surface area contributed by atoms with Crippen LogP contribution in [0.15, 0.2) is 152 Å². The number of thiophene rings is 1. The van der Waals surface area contributed by atoms with E-state index in [4.69, 9.17) is 0 Å². The van der Waals surface area contributed by atoms with Gasteiger partial charge in [0.25, 0.3) is 0 Å². The molecule has 7 aromatic rings. The summed E-state index contributed by atoms with van der Waals surface area (Å²) in [7, 11) is 0. The Hall–Kier alpha value is -5.38. The first kappa shape index (κ1) is 35.0. The maximum Gasteiger partial charge on any atom is 0.0462 e. The van der Waals surface area contributed by atoms with Crippen LogP contribution in [0.3, 0.4) is 0 Å². The largest absolute Gasteiger partial charge is 0.311 e. The van der Waals surface area contributed by atoms with Crippen molar-refractivity contribution in [3.05, 3.63) is 179 Å². The third-order valence-electron chi connectivity index (χ3n) is 10.1. The summed E-state index contributed by atoms with van der Waals surface area (Å²) >= 11 is 1.87. The first-order valence-electron chi connectivity index (χ1n) is 18.7. The molecule has 0 aliphatic heterocycles. The Kier molecular flexibility index (Phi) is 10.7. The fraction of sp³-hybridized carbons (Fsp3) is 0.184. The fourth-order valence-electron chi connectivity index (χ4n) is 6.86. The van der Waals surface area contributed by atoms with Gasteiger partial charge in [0.05, 0.1) is 0 Å². The molecular weight excluding hydrogens is 649 g/mol. The van der Waals surface area contributed by atoms with Crippen LogP contribution in [0.5, 0.6) is 0 Å². The predicted molar refractivity (Wildman–Crippen MR) is 227 cm³/mol. The van der Waals surface area contributed by atoms with Crippen molar-refractivity contribution in [2.45, 2.75) is 60.3 Å². The van der Waals surface area contributed by atoms with E-state index < -0.39 is 0 Å². The molecule has 0 N–H and O–H groups in total. The number of hydrogen-bond acceptors (Lipinski definition) is 3. The first-order valence-corrected chi connectivity index (χ1v) is 19.6. The summed E-state index contributed by atoms with van der Waals surface area (Å²) in [5.41, 5.74) is 16.1. The molecule has 7 rings (SSSR count). The number of nitrogens with zero attached hydrogens (tertiary/aromatic N) is 2. The Bertz CT molecular complexity index is 2100. The van der Waals surface area contributed by atoms with Crippen molar-refractivity contribution in [1.82, 2.24) is 0 Å². The van der Waals surface area contributed by atoms with Crippen LogP contribution in [0.2, 0.25) is 0 Å². The molecule has 0 radical (unpaired) electrons. The number of anilines is 6. The molecule has 0 unspecified atom stereocenters. The Labute approximate surface area is 314 Å². The fourth-order valence-corrected chi connectivity index (χ4v) is 8.05. The predicted octanol–water partition coefficient (Wildman–Crippen LogP) is 14.6. The maximum absolute atomic E-state index is 2.36. The van der Waals surface area contributed by atoms with Gasteiger partial charge in [-0.2, -0.15) is 0 Å². The molecule has 0 saturated carbocycles. The van der Waals surface area contributed by atoms with E-state index in [-0.39, 0.29) is 0 Å². The molecule has 0 atom stereocenters. The highest BCUT2D eigenvalue weighted by atomic mass is 32.1. The summed E-state index contributed by atoms with van der Waals surface area (Å²) in [5.74, 6) is 0.